The highest BCUT2D eigenvalue weighted by atomic mass is 16.1. The van der Waals surface area contributed by atoms with Gasteiger partial charge in [-0.3, -0.25) is 10.1 Å². The van der Waals surface area contributed by atoms with Crippen molar-refractivity contribution >= 4 is 5.78 Å². The Morgan fingerprint density at radius 3 is 3.00 bits per heavy atom. The first-order valence-corrected chi connectivity index (χ1v) is 3.58. The maximum Gasteiger partial charge on any atom is 0.179 e. The second kappa shape index (κ2) is 2.09. The third-order valence-electron chi connectivity index (χ3n) is 2.01. The minimum Gasteiger partial charge on any atom is -0.370 e. The Labute approximate surface area is 59.5 Å². The van der Waals surface area contributed by atoms with Crippen molar-refractivity contribution in [2.45, 2.75) is 12.8 Å². The summed E-state index contributed by atoms with van der Waals surface area (Å²) in [7, 11) is 0. The zero-order valence-electron chi connectivity index (χ0n) is 5.74. The minimum absolute atomic E-state index is 0.288. The summed E-state index contributed by atoms with van der Waals surface area (Å²) in [5.74, 6) is 0.288. The van der Waals surface area contributed by atoms with Crippen molar-refractivity contribution < 1.29 is 4.79 Å². The molecule has 0 fully saturated rings. The van der Waals surface area contributed by atoms with Crippen LogP contribution in [0, 0.1) is 0 Å². The molecule has 2 aliphatic rings. The van der Waals surface area contributed by atoms with E-state index in [2.05, 4.69) is 10.6 Å². The largest absolute Gasteiger partial charge is 0.370 e. The molecule has 0 aromatic heterocycles. The lowest BCUT2D eigenvalue weighted by molar-refractivity contribution is -0.115. The molecule has 0 saturated carbocycles. The summed E-state index contributed by atoms with van der Waals surface area (Å²) in [6.45, 7) is 1.64. The molecule has 1 aliphatic carbocycles. The maximum atomic E-state index is 11.1. The van der Waals surface area contributed by atoms with Crippen molar-refractivity contribution in [3.05, 3.63) is 11.3 Å². The van der Waals surface area contributed by atoms with E-state index in [1.54, 1.807) is 0 Å². The van der Waals surface area contributed by atoms with Gasteiger partial charge in [0.25, 0.3) is 0 Å². The van der Waals surface area contributed by atoms with E-state index in [-0.39, 0.29) is 5.78 Å². The highest BCUT2D eigenvalue weighted by molar-refractivity contribution is 5.98. The van der Waals surface area contributed by atoms with E-state index in [1.807, 2.05) is 0 Å². The number of nitrogens with one attached hydrogen (secondary N) is 2. The van der Waals surface area contributed by atoms with Crippen LogP contribution in [-0.2, 0) is 4.79 Å². The van der Waals surface area contributed by atoms with Gasteiger partial charge in [-0.2, -0.15) is 0 Å². The standard InChI is InChI=1S/C7H10N2O/c10-6-2-1-5-3-8-4-9-7(5)6/h8-9H,1-4H2. The minimum atomic E-state index is 0.288. The lowest BCUT2D eigenvalue weighted by Crippen LogP contribution is -2.36. The van der Waals surface area contributed by atoms with Crippen molar-refractivity contribution in [3.8, 4) is 0 Å². The average molecular weight is 138 g/mol. The van der Waals surface area contributed by atoms with Crippen molar-refractivity contribution in [2.75, 3.05) is 13.2 Å². The molecule has 10 heavy (non-hydrogen) atoms. The first-order valence-electron chi connectivity index (χ1n) is 3.58. The summed E-state index contributed by atoms with van der Waals surface area (Å²) >= 11 is 0. The quantitative estimate of drug-likeness (QED) is 0.485. The fourth-order valence-corrected chi connectivity index (χ4v) is 1.48. The Morgan fingerprint density at radius 1 is 1.30 bits per heavy atom. The van der Waals surface area contributed by atoms with Gasteiger partial charge in [-0.05, 0) is 12.0 Å². The molecular weight excluding hydrogens is 128 g/mol. The summed E-state index contributed by atoms with van der Waals surface area (Å²) in [6.07, 6.45) is 1.66. The molecule has 0 atom stereocenters. The molecule has 0 bridgehead atoms. The van der Waals surface area contributed by atoms with Crippen LogP contribution in [0.2, 0.25) is 0 Å². The van der Waals surface area contributed by atoms with Crippen molar-refractivity contribution in [2.24, 2.45) is 0 Å². The van der Waals surface area contributed by atoms with Crippen molar-refractivity contribution in [1.82, 2.24) is 10.6 Å². The van der Waals surface area contributed by atoms with Crippen LogP contribution in [0.4, 0.5) is 0 Å². The van der Waals surface area contributed by atoms with Crippen LogP contribution < -0.4 is 10.6 Å². The van der Waals surface area contributed by atoms with Crippen LogP contribution in [0.1, 0.15) is 12.8 Å². The van der Waals surface area contributed by atoms with Crippen LogP contribution in [0.15, 0.2) is 11.3 Å². The van der Waals surface area contributed by atoms with Gasteiger partial charge in [0.2, 0.25) is 0 Å². The predicted molar refractivity (Wildman–Crippen MR) is 37.3 cm³/mol. The third kappa shape index (κ3) is 0.743. The van der Waals surface area contributed by atoms with E-state index in [4.69, 9.17) is 0 Å². The molecule has 0 radical (unpaired) electrons. The van der Waals surface area contributed by atoms with Gasteiger partial charge in [0.15, 0.2) is 5.78 Å². The topological polar surface area (TPSA) is 41.1 Å². The molecule has 0 aromatic carbocycles. The van der Waals surface area contributed by atoms with Gasteiger partial charge in [-0.1, -0.05) is 0 Å². The highest BCUT2D eigenvalue weighted by Gasteiger charge is 2.24. The molecular formula is C7H10N2O. The fourth-order valence-electron chi connectivity index (χ4n) is 1.48. The SMILES string of the molecule is O=C1CCC2=C1NCNC2. The van der Waals surface area contributed by atoms with E-state index in [0.717, 1.165) is 25.3 Å². The number of hydrogen-bond donors (Lipinski definition) is 2. The summed E-state index contributed by atoms with van der Waals surface area (Å²) in [4.78, 5) is 11.1. The fraction of sp³-hybridized carbons (Fsp3) is 0.571. The average Bonchev–Trinajstić information content (AvgIpc) is 2.34. The van der Waals surface area contributed by atoms with E-state index in [1.165, 1.54) is 5.57 Å². The second-order valence-electron chi connectivity index (χ2n) is 2.68. The van der Waals surface area contributed by atoms with Gasteiger partial charge >= 0.3 is 0 Å². The Hall–Kier alpha value is -0.830. The molecule has 0 unspecified atom stereocenters. The monoisotopic (exact) mass is 138 g/mol. The van der Waals surface area contributed by atoms with E-state index in [0.29, 0.717) is 6.42 Å². The molecule has 1 heterocycles. The van der Waals surface area contributed by atoms with E-state index in [9.17, 15) is 4.79 Å². The van der Waals surface area contributed by atoms with Crippen LogP contribution >= 0.6 is 0 Å². The van der Waals surface area contributed by atoms with Crippen LogP contribution in [0.3, 0.4) is 0 Å². The molecule has 0 saturated heterocycles. The van der Waals surface area contributed by atoms with Crippen LogP contribution in [-0.4, -0.2) is 19.0 Å². The second-order valence-corrected chi connectivity index (χ2v) is 2.68. The first kappa shape index (κ1) is 5.92. The molecule has 1 aliphatic heterocycles. The first-order chi connectivity index (χ1) is 4.88. The van der Waals surface area contributed by atoms with Crippen LogP contribution in [0.25, 0.3) is 0 Å². The zero-order valence-corrected chi connectivity index (χ0v) is 5.74. The third-order valence-corrected chi connectivity index (χ3v) is 2.01. The number of ketones is 1. The van der Waals surface area contributed by atoms with Crippen molar-refractivity contribution in [1.29, 1.82) is 0 Å². The summed E-state index contributed by atoms with van der Waals surface area (Å²) in [6, 6.07) is 0. The van der Waals surface area contributed by atoms with Gasteiger partial charge in [-0.15, -0.1) is 0 Å². The number of carbonyl (C=O) groups excluding carboxylic acids is 1. The van der Waals surface area contributed by atoms with E-state index < -0.39 is 0 Å². The molecule has 3 heteroatoms. The molecule has 2 rings (SSSR count). The van der Waals surface area contributed by atoms with Gasteiger partial charge in [0.1, 0.15) is 0 Å². The van der Waals surface area contributed by atoms with E-state index >= 15 is 0 Å². The Balaban J connectivity index is 2.29. The maximum absolute atomic E-state index is 11.1. The summed E-state index contributed by atoms with van der Waals surface area (Å²) in [5.41, 5.74) is 2.15. The van der Waals surface area contributed by atoms with Gasteiger partial charge < -0.3 is 5.32 Å². The van der Waals surface area contributed by atoms with Gasteiger partial charge in [-0.25, -0.2) is 0 Å². The lowest BCUT2D eigenvalue weighted by atomic mass is 10.2. The zero-order chi connectivity index (χ0) is 6.97. The van der Waals surface area contributed by atoms with Gasteiger partial charge in [0, 0.05) is 13.0 Å². The van der Waals surface area contributed by atoms with Crippen LogP contribution in [0.5, 0.6) is 0 Å². The smallest absolute Gasteiger partial charge is 0.179 e. The Bertz CT molecular complexity index is 208. The normalized spacial score (nSPS) is 24.6. The number of rotatable bonds is 0. The summed E-state index contributed by atoms with van der Waals surface area (Å²) in [5, 5.41) is 6.21. The molecule has 0 spiro atoms. The molecule has 2 N–H and O–H groups in total. The summed E-state index contributed by atoms with van der Waals surface area (Å²) < 4.78 is 0. The Kier molecular flexibility index (Phi) is 1.24. The lowest BCUT2D eigenvalue weighted by Gasteiger charge is -2.16. The predicted octanol–water partition coefficient (Wildman–Crippen LogP) is -0.246. The number of Topliss-reactive ketones (excluding diaryl/α,β-unsaturated/α-hetero) is 1. The molecule has 54 valence electrons. The highest BCUT2D eigenvalue weighted by Crippen LogP contribution is 2.21. The number of carbonyl (C=O) groups is 1. The number of allylic oxidation sites excluding steroid dienone is 1. The van der Waals surface area contributed by atoms with Gasteiger partial charge in [0.05, 0.1) is 12.4 Å². The molecule has 0 amide bonds. The Morgan fingerprint density at radius 2 is 2.20 bits per heavy atom. The molecule has 0 aromatic rings. The van der Waals surface area contributed by atoms with Crippen molar-refractivity contribution in [3.63, 3.8) is 0 Å². The number of hydrogen-bond acceptors (Lipinski definition) is 3. The molecule has 3 nitrogen and oxygen atoms in total.